The fraction of sp³-hybridized carbons (Fsp3) is 0.0714. The molecule has 0 saturated carbocycles. The Bertz CT molecular complexity index is 534. The molecule has 0 aromatic heterocycles. The van der Waals surface area contributed by atoms with E-state index in [1.54, 1.807) is 0 Å². The van der Waals surface area contributed by atoms with Crippen molar-refractivity contribution in [3.8, 4) is 0 Å². The molecule has 0 aliphatic carbocycles. The molecule has 1 nitrogen and oxygen atoms in total. The van der Waals surface area contributed by atoms with Crippen LogP contribution in [0.1, 0.15) is 15.9 Å². The molecule has 17 heavy (non-hydrogen) atoms. The molecule has 3 heteroatoms. The lowest BCUT2D eigenvalue weighted by molar-refractivity contribution is 0.0993. The van der Waals surface area contributed by atoms with Crippen LogP contribution in [0.2, 0.25) is 0 Å². The van der Waals surface area contributed by atoms with Gasteiger partial charge in [-0.3, -0.25) is 4.79 Å². The Labute approximate surface area is 123 Å². The van der Waals surface area contributed by atoms with Crippen LogP contribution < -0.4 is 0 Å². The number of rotatable bonds is 3. The molecule has 0 heterocycles. The van der Waals surface area contributed by atoms with Crippen molar-refractivity contribution in [1.29, 1.82) is 0 Å². The van der Waals surface area contributed by atoms with Gasteiger partial charge in [-0.2, -0.15) is 0 Å². The van der Waals surface area contributed by atoms with Gasteiger partial charge in [-0.1, -0.05) is 40.2 Å². The molecule has 0 fully saturated rings. The zero-order valence-corrected chi connectivity index (χ0v) is 12.7. The van der Waals surface area contributed by atoms with Gasteiger partial charge in [-0.05, 0) is 52.4 Å². The van der Waals surface area contributed by atoms with Crippen molar-refractivity contribution >= 4 is 44.3 Å². The van der Waals surface area contributed by atoms with Gasteiger partial charge < -0.3 is 0 Å². The molecule has 0 amide bonds. The molecule has 2 aromatic rings. The van der Waals surface area contributed by atoms with Gasteiger partial charge in [0, 0.05) is 20.0 Å². The highest BCUT2D eigenvalue weighted by atomic mass is 127. The minimum atomic E-state index is 0.152. The predicted molar refractivity (Wildman–Crippen MR) is 81.3 cm³/mol. The first-order valence-electron chi connectivity index (χ1n) is 5.18. The standard InChI is InChI=1S/C14H10BrIO/c15-12-3-1-2-10(8-12)9-14(17)11-4-6-13(16)7-5-11/h1-8H,9H2. The molecule has 0 saturated heterocycles. The van der Waals surface area contributed by atoms with Gasteiger partial charge in [0.15, 0.2) is 5.78 Å². The van der Waals surface area contributed by atoms with E-state index in [1.165, 1.54) is 0 Å². The van der Waals surface area contributed by atoms with Crippen LogP contribution in [-0.2, 0) is 6.42 Å². The zero-order valence-electron chi connectivity index (χ0n) is 8.99. The molecule has 2 rings (SSSR count). The summed E-state index contributed by atoms with van der Waals surface area (Å²) in [6.07, 6.45) is 0.444. The minimum absolute atomic E-state index is 0.152. The summed E-state index contributed by atoms with van der Waals surface area (Å²) in [5, 5.41) is 0. The number of carbonyl (C=O) groups excluding carboxylic acids is 1. The Morgan fingerprint density at radius 1 is 1.12 bits per heavy atom. The maximum atomic E-state index is 12.0. The Morgan fingerprint density at radius 3 is 2.47 bits per heavy atom. The summed E-state index contributed by atoms with van der Waals surface area (Å²) in [6.45, 7) is 0. The van der Waals surface area contributed by atoms with E-state index < -0.39 is 0 Å². The molecular formula is C14H10BrIO. The van der Waals surface area contributed by atoms with Crippen molar-refractivity contribution in [3.63, 3.8) is 0 Å². The normalized spacial score (nSPS) is 10.2. The third kappa shape index (κ3) is 3.64. The smallest absolute Gasteiger partial charge is 0.167 e. The Kier molecular flexibility index (Phi) is 4.34. The molecule has 0 aliphatic heterocycles. The van der Waals surface area contributed by atoms with Gasteiger partial charge in [0.1, 0.15) is 0 Å². The van der Waals surface area contributed by atoms with Crippen LogP contribution in [0.15, 0.2) is 53.0 Å². The van der Waals surface area contributed by atoms with Crippen LogP contribution in [0.3, 0.4) is 0 Å². The van der Waals surface area contributed by atoms with Crippen LogP contribution >= 0.6 is 38.5 Å². The average molecular weight is 401 g/mol. The molecule has 0 atom stereocenters. The van der Waals surface area contributed by atoms with E-state index in [9.17, 15) is 4.79 Å². The minimum Gasteiger partial charge on any atom is -0.294 e. The van der Waals surface area contributed by atoms with Crippen molar-refractivity contribution < 1.29 is 4.79 Å². The Morgan fingerprint density at radius 2 is 1.82 bits per heavy atom. The van der Waals surface area contributed by atoms with E-state index in [-0.39, 0.29) is 5.78 Å². The second kappa shape index (κ2) is 5.78. The fourth-order valence-electron chi connectivity index (χ4n) is 1.57. The molecule has 0 N–H and O–H groups in total. The maximum absolute atomic E-state index is 12.0. The van der Waals surface area contributed by atoms with Gasteiger partial charge >= 0.3 is 0 Å². The number of hydrogen-bond acceptors (Lipinski definition) is 1. The summed E-state index contributed by atoms with van der Waals surface area (Å²) >= 11 is 5.64. The van der Waals surface area contributed by atoms with Gasteiger partial charge in [-0.25, -0.2) is 0 Å². The van der Waals surface area contributed by atoms with Crippen molar-refractivity contribution in [1.82, 2.24) is 0 Å². The third-order valence-corrected chi connectivity index (χ3v) is 3.63. The highest BCUT2D eigenvalue weighted by Gasteiger charge is 2.06. The molecule has 86 valence electrons. The largest absolute Gasteiger partial charge is 0.294 e. The van der Waals surface area contributed by atoms with Crippen molar-refractivity contribution in [2.45, 2.75) is 6.42 Å². The van der Waals surface area contributed by atoms with Gasteiger partial charge in [0.25, 0.3) is 0 Å². The van der Waals surface area contributed by atoms with Crippen molar-refractivity contribution in [2.24, 2.45) is 0 Å². The highest BCUT2D eigenvalue weighted by molar-refractivity contribution is 14.1. The van der Waals surface area contributed by atoms with Crippen molar-refractivity contribution in [2.75, 3.05) is 0 Å². The van der Waals surface area contributed by atoms with E-state index in [0.717, 1.165) is 19.2 Å². The Balaban J connectivity index is 2.14. The average Bonchev–Trinajstić information content (AvgIpc) is 2.29. The summed E-state index contributed by atoms with van der Waals surface area (Å²) < 4.78 is 2.15. The van der Waals surface area contributed by atoms with Crippen LogP contribution in [0.4, 0.5) is 0 Å². The van der Waals surface area contributed by atoms with Gasteiger partial charge in [-0.15, -0.1) is 0 Å². The lowest BCUT2D eigenvalue weighted by Gasteiger charge is -2.02. The van der Waals surface area contributed by atoms with Crippen molar-refractivity contribution in [3.05, 3.63) is 67.7 Å². The first-order valence-corrected chi connectivity index (χ1v) is 7.05. The molecule has 0 radical (unpaired) electrons. The Hall–Kier alpha value is -0.680. The van der Waals surface area contributed by atoms with E-state index in [1.807, 2.05) is 48.5 Å². The summed E-state index contributed by atoms with van der Waals surface area (Å²) in [5.74, 6) is 0.152. The molecule has 0 spiro atoms. The van der Waals surface area contributed by atoms with Gasteiger partial charge in [0.2, 0.25) is 0 Å². The molecule has 2 aromatic carbocycles. The van der Waals surface area contributed by atoms with Gasteiger partial charge in [0.05, 0.1) is 0 Å². The number of ketones is 1. The van der Waals surface area contributed by atoms with Crippen LogP contribution in [0.25, 0.3) is 0 Å². The summed E-state index contributed by atoms with van der Waals surface area (Å²) in [7, 11) is 0. The monoisotopic (exact) mass is 400 g/mol. The highest BCUT2D eigenvalue weighted by Crippen LogP contribution is 2.14. The summed E-state index contributed by atoms with van der Waals surface area (Å²) in [6, 6.07) is 15.5. The number of carbonyl (C=O) groups is 1. The zero-order chi connectivity index (χ0) is 12.3. The third-order valence-electron chi connectivity index (χ3n) is 2.42. The number of benzene rings is 2. The lowest BCUT2D eigenvalue weighted by atomic mass is 10.0. The van der Waals surface area contributed by atoms with E-state index in [0.29, 0.717) is 6.42 Å². The lowest BCUT2D eigenvalue weighted by Crippen LogP contribution is -2.03. The number of Topliss-reactive ketones (excluding diaryl/α,β-unsaturated/α-hetero) is 1. The second-order valence-electron chi connectivity index (χ2n) is 3.74. The topological polar surface area (TPSA) is 17.1 Å². The summed E-state index contributed by atoms with van der Waals surface area (Å²) in [4.78, 5) is 12.0. The van der Waals surface area contributed by atoms with E-state index in [2.05, 4.69) is 38.5 Å². The first-order chi connectivity index (χ1) is 8.15. The van der Waals surface area contributed by atoms with E-state index >= 15 is 0 Å². The second-order valence-corrected chi connectivity index (χ2v) is 5.90. The number of halogens is 2. The first kappa shape index (κ1) is 12.8. The molecule has 0 bridgehead atoms. The molecule has 0 unspecified atom stereocenters. The molecule has 0 aliphatic rings. The fourth-order valence-corrected chi connectivity index (χ4v) is 2.38. The predicted octanol–water partition coefficient (Wildman–Crippen LogP) is 4.48. The SMILES string of the molecule is O=C(Cc1cccc(Br)c1)c1ccc(I)cc1. The number of hydrogen-bond donors (Lipinski definition) is 0. The van der Waals surface area contributed by atoms with E-state index in [4.69, 9.17) is 0 Å². The quantitative estimate of drug-likeness (QED) is 0.548. The van der Waals surface area contributed by atoms with Crippen LogP contribution in [0.5, 0.6) is 0 Å². The van der Waals surface area contributed by atoms with Crippen LogP contribution in [-0.4, -0.2) is 5.78 Å². The maximum Gasteiger partial charge on any atom is 0.167 e. The van der Waals surface area contributed by atoms with Crippen LogP contribution in [0, 0.1) is 3.57 Å². The summed E-state index contributed by atoms with van der Waals surface area (Å²) in [5.41, 5.74) is 1.80. The molecular weight excluding hydrogens is 391 g/mol.